The molecule has 1 unspecified atom stereocenters. The lowest BCUT2D eigenvalue weighted by atomic mass is 10.1. The summed E-state index contributed by atoms with van der Waals surface area (Å²) in [5.41, 5.74) is 6.22. The van der Waals surface area contributed by atoms with Crippen molar-refractivity contribution in [3.8, 4) is 0 Å². The lowest BCUT2D eigenvalue weighted by Crippen LogP contribution is -2.27. The van der Waals surface area contributed by atoms with Gasteiger partial charge in [0.25, 0.3) is 0 Å². The van der Waals surface area contributed by atoms with Crippen LogP contribution in [0.4, 0.5) is 5.69 Å². The van der Waals surface area contributed by atoms with E-state index in [4.69, 9.17) is 34.1 Å². The second kappa shape index (κ2) is 5.82. The van der Waals surface area contributed by atoms with Gasteiger partial charge in [-0.25, -0.2) is 0 Å². The highest BCUT2D eigenvalue weighted by Gasteiger charge is 2.08. The number of rotatable bonds is 4. The molecule has 1 atom stereocenters. The molecule has 0 amide bonds. The summed E-state index contributed by atoms with van der Waals surface area (Å²) in [6.45, 7) is 2.36. The molecule has 0 radical (unpaired) electrons. The average Bonchev–Trinajstić information content (AvgIpc) is 2.26. The van der Waals surface area contributed by atoms with E-state index in [1.54, 1.807) is 18.2 Å². The smallest absolute Gasteiger partial charge is 0.143 e. The van der Waals surface area contributed by atoms with Crippen molar-refractivity contribution < 1.29 is 5.21 Å². The second-order valence-electron chi connectivity index (χ2n) is 3.43. The predicted octanol–water partition coefficient (Wildman–Crippen LogP) is 2.79. The molecule has 4 N–H and O–H groups in total. The summed E-state index contributed by atoms with van der Waals surface area (Å²) in [7, 11) is 0. The van der Waals surface area contributed by atoms with Crippen LogP contribution >= 0.6 is 23.2 Å². The van der Waals surface area contributed by atoms with E-state index in [1.807, 2.05) is 6.92 Å². The highest BCUT2D eigenvalue weighted by atomic mass is 35.5. The van der Waals surface area contributed by atoms with Gasteiger partial charge in [-0.15, -0.1) is 0 Å². The van der Waals surface area contributed by atoms with Crippen LogP contribution in [0.1, 0.15) is 6.92 Å². The van der Waals surface area contributed by atoms with Crippen LogP contribution in [-0.4, -0.2) is 17.6 Å². The van der Waals surface area contributed by atoms with Gasteiger partial charge in [-0.2, -0.15) is 0 Å². The van der Waals surface area contributed by atoms with Crippen molar-refractivity contribution >= 4 is 34.7 Å². The van der Waals surface area contributed by atoms with Gasteiger partial charge in [0.15, 0.2) is 0 Å². The first-order valence-corrected chi connectivity index (χ1v) is 5.46. The average molecular weight is 262 g/mol. The van der Waals surface area contributed by atoms with E-state index in [-0.39, 0.29) is 11.8 Å². The Morgan fingerprint density at radius 3 is 2.81 bits per heavy atom. The van der Waals surface area contributed by atoms with Crippen molar-refractivity contribution in [1.82, 2.24) is 0 Å². The monoisotopic (exact) mass is 261 g/mol. The van der Waals surface area contributed by atoms with Crippen molar-refractivity contribution in [2.24, 2.45) is 16.8 Å². The van der Waals surface area contributed by atoms with Crippen molar-refractivity contribution in [2.45, 2.75) is 6.92 Å². The van der Waals surface area contributed by atoms with Gasteiger partial charge in [-0.1, -0.05) is 35.3 Å². The zero-order chi connectivity index (χ0) is 12.1. The van der Waals surface area contributed by atoms with Crippen LogP contribution in [0.25, 0.3) is 0 Å². The highest BCUT2D eigenvalue weighted by molar-refractivity contribution is 6.36. The molecule has 1 aromatic rings. The molecule has 0 bridgehead atoms. The molecule has 0 saturated carbocycles. The maximum absolute atomic E-state index is 8.49. The third-order valence-electron chi connectivity index (χ3n) is 2.15. The standard InChI is InChI=1S/C10H13Cl2N3O/c1-6(10(13)15-16)5-14-9-3-2-7(11)4-8(9)12/h2-4,6,14,16H,5H2,1H3,(H2,13,15). The van der Waals surface area contributed by atoms with Gasteiger partial charge >= 0.3 is 0 Å². The molecule has 16 heavy (non-hydrogen) atoms. The number of oxime groups is 1. The second-order valence-corrected chi connectivity index (χ2v) is 4.27. The van der Waals surface area contributed by atoms with Gasteiger partial charge < -0.3 is 16.3 Å². The fraction of sp³-hybridized carbons (Fsp3) is 0.300. The number of benzene rings is 1. The Kier molecular flexibility index (Phi) is 4.71. The minimum absolute atomic E-state index is 0.0863. The van der Waals surface area contributed by atoms with Gasteiger partial charge in [0.2, 0.25) is 0 Å². The first-order chi connectivity index (χ1) is 7.54. The van der Waals surface area contributed by atoms with Crippen molar-refractivity contribution in [3.05, 3.63) is 28.2 Å². The Labute approximate surface area is 104 Å². The van der Waals surface area contributed by atoms with Crippen LogP contribution in [0.5, 0.6) is 0 Å². The third kappa shape index (κ3) is 3.47. The summed E-state index contributed by atoms with van der Waals surface area (Å²) >= 11 is 11.7. The molecular weight excluding hydrogens is 249 g/mol. The Morgan fingerprint density at radius 2 is 2.25 bits per heavy atom. The molecule has 4 nitrogen and oxygen atoms in total. The van der Waals surface area contributed by atoms with Crippen LogP contribution in [-0.2, 0) is 0 Å². The van der Waals surface area contributed by atoms with Crippen LogP contribution in [0, 0.1) is 5.92 Å². The summed E-state index contributed by atoms with van der Waals surface area (Å²) < 4.78 is 0. The molecule has 0 aliphatic rings. The number of nitrogens with two attached hydrogens (primary N) is 1. The van der Waals surface area contributed by atoms with E-state index in [0.29, 0.717) is 16.6 Å². The summed E-state index contributed by atoms with van der Waals surface area (Å²) in [6.07, 6.45) is 0. The molecule has 0 aliphatic heterocycles. The SMILES string of the molecule is CC(CNc1ccc(Cl)cc1Cl)C(N)=NO. The van der Waals surface area contributed by atoms with Crippen LogP contribution in [0.2, 0.25) is 10.0 Å². The summed E-state index contributed by atoms with van der Waals surface area (Å²) in [6, 6.07) is 5.17. The molecule has 0 fully saturated rings. The maximum Gasteiger partial charge on any atom is 0.143 e. The van der Waals surface area contributed by atoms with Gasteiger partial charge in [0.05, 0.1) is 10.7 Å². The van der Waals surface area contributed by atoms with E-state index >= 15 is 0 Å². The molecule has 0 aliphatic carbocycles. The molecule has 0 spiro atoms. The molecule has 88 valence electrons. The van der Waals surface area contributed by atoms with Gasteiger partial charge in [-0.3, -0.25) is 0 Å². The van der Waals surface area contributed by atoms with Gasteiger partial charge in [0.1, 0.15) is 5.84 Å². The minimum atomic E-state index is -0.0863. The van der Waals surface area contributed by atoms with E-state index < -0.39 is 0 Å². The molecular formula is C10H13Cl2N3O. The quantitative estimate of drug-likeness (QED) is 0.338. The predicted molar refractivity (Wildman–Crippen MR) is 67.5 cm³/mol. The number of nitrogens with one attached hydrogen (secondary N) is 1. The summed E-state index contributed by atoms with van der Waals surface area (Å²) in [5.74, 6) is 0.0920. The number of halogens is 2. The van der Waals surface area contributed by atoms with E-state index in [9.17, 15) is 0 Å². The number of amidine groups is 1. The molecule has 1 rings (SSSR count). The number of hydrogen-bond donors (Lipinski definition) is 3. The summed E-state index contributed by atoms with van der Waals surface area (Å²) in [4.78, 5) is 0. The van der Waals surface area contributed by atoms with E-state index in [1.165, 1.54) is 0 Å². The first-order valence-electron chi connectivity index (χ1n) is 4.71. The highest BCUT2D eigenvalue weighted by Crippen LogP contribution is 2.25. The zero-order valence-corrected chi connectivity index (χ0v) is 10.3. The molecule has 0 saturated heterocycles. The Hall–Kier alpha value is -1.13. The fourth-order valence-electron chi connectivity index (χ4n) is 1.10. The largest absolute Gasteiger partial charge is 0.409 e. The minimum Gasteiger partial charge on any atom is -0.409 e. The van der Waals surface area contributed by atoms with Crippen LogP contribution in [0.15, 0.2) is 23.4 Å². The van der Waals surface area contributed by atoms with Gasteiger partial charge in [0, 0.05) is 17.5 Å². The lowest BCUT2D eigenvalue weighted by Gasteiger charge is -2.13. The Morgan fingerprint density at radius 1 is 1.56 bits per heavy atom. The van der Waals surface area contributed by atoms with Crippen LogP contribution < -0.4 is 11.1 Å². The Bertz CT molecular complexity index is 396. The van der Waals surface area contributed by atoms with E-state index in [2.05, 4.69) is 10.5 Å². The lowest BCUT2D eigenvalue weighted by molar-refractivity contribution is 0.315. The van der Waals surface area contributed by atoms with Crippen molar-refractivity contribution in [2.75, 3.05) is 11.9 Å². The van der Waals surface area contributed by atoms with Crippen molar-refractivity contribution in [1.29, 1.82) is 0 Å². The fourth-order valence-corrected chi connectivity index (χ4v) is 1.57. The topological polar surface area (TPSA) is 70.6 Å². The number of hydrogen-bond acceptors (Lipinski definition) is 3. The normalized spacial score (nSPS) is 13.6. The van der Waals surface area contributed by atoms with Gasteiger partial charge in [-0.05, 0) is 18.2 Å². The Balaban J connectivity index is 2.61. The molecule has 6 heteroatoms. The molecule has 1 aromatic carbocycles. The maximum atomic E-state index is 8.49. The summed E-state index contributed by atoms with van der Waals surface area (Å²) in [5, 5.41) is 15.6. The first kappa shape index (κ1) is 12.9. The third-order valence-corrected chi connectivity index (χ3v) is 2.70. The van der Waals surface area contributed by atoms with Crippen LogP contribution in [0.3, 0.4) is 0 Å². The zero-order valence-electron chi connectivity index (χ0n) is 8.74. The van der Waals surface area contributed by atoms with Crippen molar-refractivity contribution in [3.63, 3.8) is 0 Å². The molecule has 0 heterocycles. The number of anilines is 1. The molecule has 0 aromatic heterocycles. The number of nitrogens with zero attached hydrogens (tertiary/aromatic N) is 1. The van der Waals surface area contributed by atoms with E-state index in [0.717, 1.165) is 5.69 Å².